The molecule has 172 valence electrons. The number of nitrogens with zero attached hydrogens (tertiary/aromatic N) is 1. The van der Waals surface area contributed by atoms with E-state index in [-0.39, 0.29) is 24.0 Å². The summed E-state index contributed by atoms with van der Waals surface area (Å²) in [6.45, 7) is 5.75. The Hall–Kier alpha value is -3.10. The lowest BCUT2D eigenvalue weighted by Crippen LogP contribution is -2.44. The van der Waals surface area contributed by atoms with Crippen molar-refractivity contribution in [2.75, 3.05) is 44.5 Å². The minimum atomic E-state index is -0.392. The maximum Gasteiger partial charge on any atom is 0.323 e. The molecule has 0 aliphatic carbocycles. The zero-order valence-electron chi connectivity index (χ0n) is 19.1. The summed E-state index contributed by atoms with van der Waals surface area (Å²) in [5.41, 5.74) is 1.56. The first-order valence-electron chi connectivity index (χ1n) is 10.8. The minimum Gasteiger partial charge on any atom is -0.491 e. The number of hydrogen-bond donors (Lipinski definition) is 3. The predicted octanol–water partition coefficient (Wildman–Crippen LogP) is 3.42. The number of amides is 3. The molecule has 0 unspecified atom stereocenters. The Morgan fingerprint density at radius 1 is 1.12 bits per heavy atom. The van der Waals surface area contributed by atoms with E-state index in [9.17, 15) is 9.59 Å². The van der Waals surface area contributed by atoms with Crippen LogP contribution in [0.1, 0.15) is 24.2 Å². The second-order valence-corrected chi connectivity index (χ2v) is 8.21. The Labute approximate surface area is 189 Å². The summed E-state index contributed by atoms with van der Waals surface area (Å²) < 4.78 is 11.6. The molecule has 1 aliphatic heterocycles. The quantitative estimate of drug-likeness (QED) is 0.680. The van der Waals surface area contributed by atoms with Crippen LogP contribution in [0.5, 0.6) is 5.75 Å². The molecule has 3 N–H and O–H groups in total. The van der Waals surface area contributed by atoms with Crippen molar-refractivity contribution in [2.45, 2.75) is 26.0 Å². The molecule has 3 atom stereocenters. The van der Waals surface area contributed by atoms with E-state index in [2.05, 4.69) is 22.9 Å². The van der Waals surface area contributed by atoms with Crippen molar-refractivity contribution in [3.05, 3.63) is 54.1 Å². The van der Waals surface area contributed by atoms with Crippen LogP contribution in [0.4, 0.5) is 16.2 Å². The summed E-state index contributed by atoms with van der Waals surface area (Å²) in [5.74, 6) is 0.501. The van der Waals surface area contributed by atoms with E-state index in [1.807, 2.05) is 25.1 Å². The highest BCUT2D eigenvalue weighted by molar-refractivity contribution is 6.02. The maximum absolute atomic E-state index is 13.3. The number of benzene rings is 2. The van der Waals surface area contributed by atoms with Crippen molar-refractivity contribution < 1.29 is 19.1 Å². The maximum atomic E-state index is 13.3. The normalized spacial score (nSPS) is 22.1. The summed E-state index contributed by atoms with van der Waals surface area (Å²) >= 11 is 0. The van der Waals surface area contributed by atoms with E-state index in [1.54, 1.807) is 49.4 Å². The van der Waals surface area contributed by atoms with Crippen molar-refractivity contribution in [2.24, 2.45) is 5.92 Å². The number of para-hydroxylation sites is 1. The zero-order chi connectivity index (χ0) is 23.1. The highest BCUT2D eigenvalue weighted by Crippen LogP contribution is 2.26. The van der Waals surface area contributed by atoms with E-state index < -0.39 is 6.03 Å². The zero-order valence-corrected chi connectivity index (χ0v) is 19.1. The molecule has 32 heavy (non-hydrogen) atoms. The first-order valence-corrected chi connectivity index (χ1v) is 10.8. The molecule has 0 aromatic heterocycles. The summed E-state index contributed by atoms with van der Waals surface area (Å²) in [6, 6.07) is 13.9. The Kier molecular flexibility index (Phi) is 8.08. The predicted molar refractivity (Wildman–Crippen MR) is 125 cm³/mol. The van der Waals surface area contributed by atoms with Gasteiger partial charge in [-0.2, -0.15) is 0 Å². The second-order valence-electron chi connectivity index (χ2n) is 8.21. The van der Waals surface area contributed by atoms with E-state index in [1.165, 1.54) is 0 Å². The fourth-order valence-corrected chi connectivity index (χ4v) is 3.55. The number of urea groups is 1. The summed E-state index contributed by atoms with van der Waals surface area (Å²) in [4.78, 5) is 27.3. The van der Waals surface area contributed by atoms with Gasteiger partial charge in [-0.3, -0.25) is 4.79 Å². The summed E-state index contributed by atoms with van der Waals surface area (Å²) in [6.07, 6.45) is -0.106. The van der Waals surface area contributed by atoms with Crippen molar-refractivity contribution in [1.29, 1.82) is 0 Å². The third kappa shape index (κ3) is 6.21. The van der Waals surface area contributed by atoms with Gasteiger partial charge >= 0.3 is 6.03 Å². The molecule has 1 heterocycles. The van der Waals surface area contributed by atoms with Crippen molar-refractivity contribution in [3.63, 3.8) is 0 Å². The van der Waals surface area contributed by atoms with E-state index >= 15 is 0 Å². The fraction of sp³-hybridized carbons (Fsp3) is 0.417. The first-order chi connectivity index (χ1) is 15.4. The van der Waals surface area contributed by atoms with Crippen LogP contribution in [0.15, 0.2) is 48.5 Å². The van der Waals surface area contributed by atoms with E-state index in [0.717, 1.165) is 6.54 Å². The van der Waals surface area contributed by atoms with Crippen LogP contribution in [0.2, 0.25) is 0 Å². The van der Waals surface area contributed by atoms with Gasteiger partial charge in [0, 0.05) is 44.7 Å². The second kappa shape index (κ2) is 11.0. The van der Waals surface area contributed by atoms with Gasteiger partial charge < -0.3 is 30.3 Å². The first kappa shape index (κ1) is 23.6. The van der Waals surface area contributed by atoms with Crippen LogP contribution in [0.3, 0.4) is 0 Å². The molecule has 8 heteroatoms. The number of carbonyl (C=O) groups is 2. The SMILES string of the molecule is CO[C@H]1CN(C)C(=O)c2cc(NC(=O)Nc3ccccc3)ccc2OC[C@@H](C)NC[C@H]1C. The molecular weight excluding hydrogens is 408 g/mol. The number of hydrogen-bond acceptors (Lipinski definition) is 5. The minimum absolute atomic E-state index is 0.101. The van der Waals surface area contributed by atoms with Crippen LogP contribution >= 0.6 is 0 Å². The number of anilines is 2. The Bertz CT molecular complexity index is 921. The average molecular weight is 441 g/mol. The molecule has 3 rings (SSSR count). The molecule has 8 nitrogen and oxygen atoms in total. The van der Waals surface area contributed by atoms with E-state index in [0.29, 0.717) is 35.8 Å². The monoisotopic (exact) mass is 440 g/mol. The summed E-state index contributed by atoms with van der Waals surface area (Å²) in [5, 5.41) is 9.01. The lowest BCUT2D eigenvalue weighted by Gasteiger charge is -2.30. The fourth-order valence-electron chi connectivity index (χ4n) is 3.55. The van der Waals surface area contributed by atoms with Crippen LogP contribution in [0.25, 0.3) is 0 Å². The average Bonchev–Trinajstić information content (AvgIpc) is 2.79. The van der Waals surface area contributed by atoms with Gasteiger partial charge in [0.15, 0.2) is 0 Å². The number of methoxy groups -OCH3 is 1. The molecule has 2 aromatic carbocycles. The molecule has 0 spiro atoms. The molecule has 0 saturated heterocycles. The summed E-state index contributed by atoms with van der Waals surface area (Å²) in [7, 11) is 3.41. The van der Waals surface area contributed by atoms with Gasteiger partial charge in [-0.05, 0) is 43.2 Å². The van der Waals surface area contributed by atoms with Crippen LogP contribution in [-0.2, 0) is 4.74 Å². The lowest BCUT2D eigenvalue weighted by molar-refractivity contribution is 0.0281. The topological polar surface area (TPSA) is 91.9 Å². The molecule has 0 fully saturated rings. The molecular formula is C24H32N4O4. The van der Waals surface area contributed by atoms with Crippen molar-refractivity contribution in [3.8, 4) is 5.75 Å². The number of carbonyl (C=O) groups excluding carboxylic acids is 2. The smallest absolute Gasteiger partial charge is 0.323 e. The Morgan fingerprint density at radius 3 is 2.56 bits per heavy atom. The number of ether oxygens (including phenoxy) is 2. The number of rotatable bonds is 3. The van der Waals surface area contributed by atoms with Gasteiger partial charge in [-0.1, -0.05) is 25.1 Å². The highest BCUT2D eigenvalue weighted by Gasteiger charge is 2.25. The van der Waals surface area contributed by atoms with Gasteiger partial charge in [-0.15, -0.1) is 0 Å². The van der Waals surface area contributed by atoms with Crippen LogP contribution in [-0.4, -0.2) is 62.8 Å². The standard InChI is InChI=1S/C24H32N4O4/c1-16-13-25-17(2)15-32-21-11-10-19(27-24(30)26-18-8-6-5-7-9-18)12-20(21)23(29)28(3)14-22(16)31-4/h5-12,16-17,22,25H,13-15H2,1-4H3,(H2,26,27,30)/t16-,17-,22+/m1/s1. The molecule has 1 aliphatic rings. The van der Waals surface area contributed by atoms with Crippen molar-refractivity contribution in [1.82, 2.24) is 10.2 Å². The number of nitrogens with one attached hydrogen (secondary N) is 3. The van der Waals surface area contributed by atoms with Gasteiger partial charge in [0.1, 0.15) is 12.4 Å². The van der Waals surface area contributed by atoms with Gasteiger partial charge in [0.05, 0.1) is 11.7 Å². The van der Waals surface area contributed by atoms with E-state index in [4.69, 9.17) is 9.47 Å². The highest BCUT2D eigenvalue weighted by atomic mass is 16.5. The number of fused-ring (bicyclic) bond motifs is 1. The third-order valence-corrected chi connectivity index (χ3v) is 5.51. The molecule has 2 aromatic rings. The Morgan fingerprint density at radius 2 is 1.84 bits per heavy atom. The third-order valence-electron chi connectivity index (χ3n) is 5.51. The van der Waals surface area contributed by atoms with Crippen LogP contribution in [0, 0.1) is 5.92 Å². The van der Waals surface area contributed by atoms with Crippen LogP contribution < -0.4 is 20.7 Å². The molecule has 0 saturated carbocycles. The lowest BCUT2D eigenvalue weighted by atomic mass is 10.0. The number of likely N-dealkylation sites (N-methyl/N-ethyl adjacent to an activating group) is 1. The molecule has 0 bridgehead atoms. The largest absolute Gasteiger partial charge is 0.491 e. The Balaban J connectivity index is 1.82. The van der Waals surface area contributed by atoms with Gasteiger partial charge in [0.2, 0.25) is 0 Å². The van der Waals surface area contributed by atoms with Gasteiger partial charge in [-0.25, -0.2) is 4.79 Å². The van der Waals surface area contributed by atoms with Crippen molar-refractivity contribution >= 4 is 23.3 Å². The van der Waals surface area contributed by atoms with Gasteiger partial charge in [0.25, 0.3) is 5.91 Å². The molecule has 3 amide bonds. The molecule has 0 radical (unpaired) electrons.